The summed E-state index contributed by atoms with van der Waals surface area (Å²) in [5.41, 5.74) is 5.88. The molecule has 5 rings (SSSR count). The highest BCUT2D eigenvalue weighted by Crippen LogP contribution is 2.33. The summed E-state index contributed by atoms with van der Waals surface area (Å²) in [6.07, 6.45) is 4.13. The fourth-order valence-electron chi connectivity index (χ4n) is 5.19. The van der Waals surface area contributed by atoms with Crippen LogP contribution in [0.25, 0.3) is 22.4 Å². The first-order valence-electron chi connectivity index (χ1n) is 12.2. The molecule has 2 aromatic heterocycles. The van der Waals surface area contributed by atoms with Crippen LogP contribution in [-0.4, -0.2) is 63.6 Å². The van der Waals surface area contributed by atoms with Gasteiger partial charge in [0.25, 0.3) is 0 Å². The predicted molar refractivity (Wildman–Crippen MR) is 132 cm³/mol. The van der Waals surface area contributed by atoms with Crippen LogP contribution < -0.4 is 0 Å². The van der Waals surface area contributed by atoms with Crippen molar-refractivity contribution in [3.63, 3.8) is 0 Å². The van der Waals surface area contributed by atoms with E-state index in [2.05, 4.69) is 16.0 Å². The molecule has 2 saturated heterocycles. The smallest absolute Gasteiger partial charge is 0.179 e. The number of hydrogen-bond acceptors (Lipinski definition) is 7. The Hall–Kier alpha value is -2.61. The normalized spacial score (nSPS) is 21.7. The van der Waals surface area contributed by atoms with E-state index < -0.39 is 5.79 Å². The van der Waals surface area contributed by atoms with Gasteiger partial charge >= 0.3 is 0 Å². The maximum atomic E-state index is 10.5. The zero-order valence-electron chi connectivity index (χ0n) is 20.5. The topological polar surface area (TPSA) is 80.6 Å². The Kier molecular flexibility index (Phi) is 6.27. The van der Waals surface area contributed by atoms with E-state index in [1.54, 1.807) is 6.07 Å². The number of rotatable bonds is 4. The maximum absolute atomic E-state index is 10.5. The third kappa shape index (κ3) is 4.92. The molecule has 0 saturated carbocycles. The first-order valence-corrected chi connectivity index (χ1v) is 12.2. The van der Waals surface area contributed by atoms with Crippen LogP contribution in [0.3, 0.4) is 0 Å². The summed E-state index contributed by atoms with van der Waals surface area (Å²) in [5, 5.41) is 10.5. The lowest BCUT2D eigenvalue weighted by atomic mass is 9.94. The molecule has 2 aliphatic heterocycles. The van der Waals surface area contributed by atoms with E-state index in [1.807, 2.05) is 46.0 Å². The van der Waals surface area contributed by atoms with E-state index in [0.717, 1.165) is 79.3 Å². The molecule has 0 bridgehead atoms. The molecule has 180 valence electrons. The van der Waals surface area contributed by atoms with Crippen molar-refractivity contribution in [2.45, 2.75) is 52.2 Å². The summed E-state index contributed by atoms with van der Waals surface area (Å²) < 4.78 is 11.7. The number of piperidine rings is 1. The molecule has 1 aromatic carbocycles. The van der Waals surface area contributed by atoms with Crippen LogP contribution in [0, 0.1) is 19.8 Å². The van der Waals surface area contributed by atoms with Crippen molar-refractivity contribution in [1.29, 1.82) is 0 Å². The Morgan fingerprint density at radius 2 is 1.91 bits per heavy atom. The lowest BCUT2D eigenvalue weighted by Crippen LogP contribution is -2.45. The summed E-state index contributed by atoms with van der Waals surface area (Å²) in [7, 11) is 0. The molecule has 0 aliphatic carbocycles. The van der Waals surface area contributed by atoms with Gasteiger partial charge < -0.3 is 19.5 Å². The Morgan fingerprint density at radius 1 is 1.12 bits per heavy atom. The van der Waals surface area contributed by atoms with Gasteiger partial charge in [-0.05, 0) is 76.4 Å². The van der Waals surface area contributed by atoms with Gasteiger partial charge in [0.2, 0.25) is 0 Å². The Labute approximate surface area is 201 Å². The van der Waals surface area contributed by atoms with Crippen molar-refractivity contribution in [2.75, 3.05) is 32.8 Å². The first kappa shape index (κ1) is 23.1. The highest BCUT2D eigenvalue weighted by Gasteiger charge is 2.31. The molecule has 2 aliphatic rings. The Morgan fingerprint density at radius 3 is 2.68 bits per heavy atom. The lowest BCUT2D eigenvalue weighted by Gasteiger charge is -2.39. The van der Waals surface area contributed by atoms with Crippen LogP contribution in [0.1, 0.15) is 49.4 Å². The fraction of sp³-hybridized carbons (Fsp3) is 0.519. The molecule has 0 amide bonds. The van der Waals surface area contributed by atoms with E-state index in [9.17, 15) is 5.11 Å². The number of aromatic hydroxyl groups is 1. The molecule has 1 atom stereocenters. The second-order valence-corrected chi connectivity index (χ2v) is 10.3. The number of hydrogen-bond donors (Lipinski definition) is 1. The van der Waals surface area contributed by atoms with Crippen LogP contribution in [0.2, 0.25) is 0 Å². The number of nitrogens with zero attached hydrogens (tertiary/aromatic N) is 4. The monoisotopic (exact) mass is 462 g/mol. The van der Waals surface area contributed by atoms with Crippen LogP contribution >= 0.6 is 0 Å². The number of phenolic OH excluding ortho intramolecular Hbond substituents is 1. The van der Waals surface area contributed by atoms with Gasteiger partial charge in [-0.2, -0.15) is 0 Å². The summed E-state index contributed by atoms with van der Waals surface area (Å²) in [6.45, 7) is 12.4. The van der Waals surface area contributed by atoms with Crippen LogP contribution in [0.4, 0.5) is 0 Å². The van der Waals surface area contributed by atoms with Gasteiger partial charge in [0, 0.05) is 36.7 Å². The number of aryl methyl sites for hydroxylation is 2. The van der Waals surface area contributed by atoms with Gasteiger partial charge in [-0.15, -0.1) is 0 Å². The third-order valence-corrected chi connectivity index (χ3v) is 6.91. The zero-order chi connectivity index (χ0) is 23.9. The van der Waals surface area contributed by atoms with Gasteiger partial charge in [-0.25, -0.2) is 9.97 Å². The van der Waals surface area contributed by atoms with Crippen molar-refractivity contribution in [2.24, 2.45) is 5.92 Å². The van der Waals surface area contributed by atoms with Crippen LogP contribution in [0.15, 0.2) is 30.5 Å². The van der Waals surface area contributed by atoms with Crippen molar-refractivity contribution >= 4 is 11.2 Å². The molecule has 4 heterocycles. The molecular weight excluding hydrogens is 428 g/mol. The van der Waals surface area contributed by atoms with E-state index in [4.69, 9.17) is 19.4 Å². The van der Waals surface area contributed by atoms with E-state index in [1.165, 1.54) is 0 Å². The number of benzene rings is 1. The molecule has 0 spiro atoms. The average Bonchev–Trinajstić information content (AvgIpc) is 2.79. The average molecular weight is 463 g/mol. The highest BCUT2D eigenvalue weighted by atomic mass is 16.7. The second kappa shape index (κ2) is 9.21. The molecule has 34 heavy (non-hydrogen) atoms. The lowest BCUT2D eigenvalue weighted by molar-refractivity contribution is -0.263. The summed E-state index contributed by atoms with van der Waals surface area (Å²) >= 11 is 0. The van der Waals surface area contributed by atoms with E-state index in [-0.39, 0.29) is 5.75 Å². The standard InChI is InChI=1S/C27H34N4O3/c1-17-10-18(2)25(24(32)11-17)21-7-8-22-26(29-21)30-23(12-28-22)20-6-5-9-31(14-20)13-19-15-33-27(3,4)34-16-19/h7-8,10-12,19-20,32H,5-6,9,13-16H2,1-4H3/t20-/m1/s1. The minimum Gasteiger partial charge on any atom is -0.507 e. The second-order valence-electron chi connectivity index (χ2n) is 10.3. The summed E-state index contributed by atoms with van der Waals surface area (Å²) in [6, 6.07) is 7.68. The van der Waals surface area contributed by atoms with Gasteiger partial charge in [-0.3, -0.25) is 4.98 Å². The first-order chi connectivity index (χ1) is 16.3. The molecule has 0 radical (unpaired) electrons. The highest BCUT2D eigenvalue weighted by molar-refractivity contribution is 5.78. The fourth-order valence-corrected chi connectivity index (χ4v) is 5.19. The van der Waals surface area contributed by atoms with Crippen molar-refractivity contribution in [1.82, 2.24) is 19.9 Å². The molecule has 7 nitrogen and oxygen atoms in total. The van der Waals surface area contributed by atoms with Gasteiger partial charge in [0.1, 0.15) is 11.3 Å². The van der Waals surface area contributed by atoms with Crippen LogP contribution in [-0.2, 0) is 9.47 Å². The molecule has 1 N–H and O–H groups in total. The SMILES string of the molecule is Cc1cc(C)c(-c2ccc3ncc([C@@H]4CCCN(CC5COC(C)(C)OC5)C4)nc3n2)c(O)c1. The molecule has 3 aromatic rings. The maximum Gasteiger partial charge on any atom is 0.179 e. The van der Waals surface area contributed by atoms with E-state index >= 15 is 0 Å². The summed E-state index contributed by atoms with van der Waals surface area (Å²) in [4.78, 5) is 16.9. The van der Waals surface area contributed by atoms with Crippen molar-refractivity contribution < 1.29 is 14.6 Å². The number of fused-ring (bicyclic) bond motifs is 1. The van der Waals surface area contributed by atoms with Gasteiger partial charge in [0.15, 0.2) is 11.4 Å². The summed E-state index contributed by atoms with van der Waals surface area (Å²) in [5.74, 6) is 0.494. The van der Waals surface area contributed by atoms with E-state index in [0.29, 0.717) is 17.5 Å². The zero-order valence-corrected chi connectivity index (χ0v) is 20.5. The Bertz CT molecular complexity index is 1160. The number of ether oxygens (including phenoxy) is 2. The molecule has 7 heteroatoms. The molecule has 2 fully saturated rings. The number of pyridine rings is 1. The van der Waals surface area contributed by atoms with Crippen molar-refractivity contribution in [3.05, 3.63) is 47.3 Å². The number of aromatic nitrogens is 3. The third-order valence-electron chi connectivity index (χ3n) is 6.91. The molecule has 0 unspecified atom stereocenters. The largest absolute Gasteiger partial charge is 0.507 e. The van der Waals surface area contributed by atoms with Gasteiger partial charge in [0.05, 0.1) is 24.6 Å². The number of phenols is 1. The number of likely N-dealkylation sites (tertiary alicyclic amines) is 1. The molecular formula is C27H34N4O3. The van der Waals surface area contributed by atoms with Gasteiger partial charge in [-0.1, -0.05) is 6.07 Å². The van der Waals surface area contributed by atoms with Crippen LogP contribution in [0.5, 0.6) is 5.75 Å². The Balaban J connectivity index is 1.34. The quantitative estimate of drug-likeness (QED) is 0.607. The minimum absolute atomic E-state index is 0.246. The predicted octanol–water partition coefficient (Wildman–Crippen LogP) is 4.59. The minimum atomic E-state index is -0.471. The van der Waals surface area contributed by atoms with Crippen molar-refractivity contribution in [3.8, 4) is 17.0 Å².